The van der Waals surface area contributed by atoms with E-state index < -0.39 is 0 Å². The van der Waals surface area contributed by atoms with Crippen molar-refractivity contribution in [3.05, 3.63) is 180 Å². The standard InChI is InChI=1S/C43H29N5S/c1-5-15-28(16-6-1)35-27-36(45-40(44-35)29-17-7-2-8-18-29)34-25-32(26-38-39(34)33-23-13-14-24-37(33)49-38)43-47-41(30-19-9-3-10-20-30)46-42(48-43)31-21-11-4-12-22-31/h1-27,41H,(H,46,47,48). The number of aliphatic imine (C=N–C) groups is 2. The molecule has 6 aromatic carbocycles. The number of benzene rings is 6. The fourth-order valence-electron chi connectivity index (χ4n) is 6.37. The maximum absolute atomic E-state index is 5.26. The van der Waals surface area contributed by atoms with Crippen molar-refractivity contribution in [1.29, 1.82) is 0 Å². The Morgan fingerprint density at radius 3 is 1.86 bits per heavy atom. The van der Waals surface area contributed by atoms with Crippen LogP contribution in [0.15, 0.2) is 174 Å². The molecule has 232 valence electrons. The number of nitrogens with zero attached hydrogens (tertiary/aromatic N) is 4. The summed E-state index contributed by atoms with van der Waals surface area (Å²) in [7, 11) is 0. The minimum absolute atomic E-state index is 0.293. The third kappa shape index (κ3) is 5.58. The van der Waals surface area contributed by atoms with Gasteiger partial charge in [0.05, 0.1) is 11.4 Å². The van der Waals surface area contributed by atoms with Gasteiger partial charge in [0.1, 0.15) is 12.0 Å². The molecule has 1 aliphatic heterocycles. The molecule has 0 aliphatic carbocycles. The normalized spacial score (nSPS) is 14.3. The van der Waals surface area contributed by atoms with Crippen LogP contribution < -0.4 is 5.32 Å². The number of fused-ring (bicyclic) bond motifs is 3. The second kappa shape index (κ2) is 12.4. The molecular formula is C43H29N5S. The highest BCUT2D eigenvalue weighted by molar-refractivity contribution is 7.26. The monoisotopic (exact) mass is 647 g/mol. The maximum atomic E-state index is 5.26. The summed E-state index contributed by atoms with van der Waals surface area (Å²) in [4.78, 5) is 20.5. The molecule has 5 nitrogen and oxygen atoms in total. The molecule has 0 saturated heterocycles. The van der Waals surface area contributed by atoms with Crippen molar-refractivity contribution >= 4 is 43.2 Å². The maximum Gasteiger partial charge on any atom is 0.160 e. The quantitative estimate of drug-likeness (QED) is 0.195. The van der Waals surface area contributed by atoms with Gasteiger partial charge in [-0.2, -0.15) is 0 Å². The average molecular weight is 648 g/mol. The van der Waals surface area contributed by atoms with E-state index in [1.807, 2.05) is 72.8 Å². The molecule has 6 heteroatoms. The van der Waals surface area contributed by atoms with Gasteiger partial charge in [-0.05, 0) is 29.8 Å². The van der Waals surface area contributed by atoms with Gasteiger partial charge in [0.15, 0.2) is 11.7 Å². The topological polar surface area (TPSA) is 62.5 Å². The predicted molar refractivity (Wildman–Crippen MR) is 203 cm³/mol. The van der Waals surface area contributed by atoms with Gasteiger partial charge in [-0.3, -0.25) is 0 Å². The molecule has 0 saturated carbocycles. The Morgan fingerprint density at radius 1 is 0.510 bits per heavy atom. The van der Waals surface area contributed by atoms with E-state index in [1.165, 1.54) is 20.2 Å². The Bertz CT molecular complexity index is 2450. The second-order valence-corrected chi connectivity index (χ2v) is 13.0. The first-order valence-corrected chi connectivity index (χ1v) is 17.1. The van der Waals surface area contributed by atoms with E-state index in [0.717, 1.165) is 50.6 Å². The Morgan fingerprint density at radius 2 is 1.12 bits per heavy atom. The first kappa shape index (κ1) is 28.9. The zero-order valence-electron chi connectivity index (χ0n) is 26.4. The van der Waals surface area contributed by atoms with E-state index in [9.17, 15) is 0 Å². The summed E-state index contributed by atoms with van der Waals surface area (Å²) in [6.45, 7) is 0. The molecule has 1 aliphatic rings. The smallest absolute Gasteiger partial charge is 0.160 e. The Labute approximate surface area is 288 Å². The van der Waals surface area contributed by atoms with E-state index in [-0.39, 0.29) is 6.17 Å². The predicted octanol–water partition coefficient (Wildman–Crippen LogP) is 10.3. The van der Waals surface area contributed by atoms with Gasteiger partial charge in [0.25, 0.3) is 0 Å². The SMILES string of the molecule is c1ccc(C2=NC(c3ccccc3)NC(c3cc(-c4cc(-c5ccccc5)nc(-c5ccccc5)n4)c4c(c3)sc3ccccc34)=N2)cc1. The van der Waals surface area contributed by atoms with Gasteiger partial charge in [-0.15, -0.1) is 11.3 Å². The van der Waals surface area contributed by atoms with Gasteiger partial charge in [-0.25, -0.2) is 20.0 Å². The lowest BCUT2D eigenvalue weighted by Gasteiger charge is -2.24. The number of amidine groups is 2. The number of thiophene rings is 1. The van der Waals surface area contributed by atoms with Crippen LogP contribution in [0.3, 0.4) is 0 Å². The molecular weight excluding hydrogens is 619 g/mol. The molecule has 0 fully saturated rings. The third-order valence-corrected chi connectivity index (χ3v) is 9.86. The highest BCUT2D eigenvalue weighted by Crippen LogP contribution is 2.42. The van der Waals surface area contributed by atoms with Crippen LogP contribution in [-0.2, 0) is 0 Å². The number of hydrogen-bond acceptors (Lipinski definition) is 6. The molecule has 9 rings (SSSR count). The van der Waals surface area contributed by atoms with Crippen LogP contribution in [0, 0.1) is 0 Å². The lowest BCUT2D eigenvalue weighted by molar-refractivity contribution is 0.674. The zero-order chi connectivity index (χ0) is 32.6. The van der Waals surface area contributed by atoms with Crippen molar-refractivity contribution in [3.63, 3.8) is 0 Å². The van der Waals surface area contributed by atoms with Gasteiger partial charge in [0, 0.05) is 48.0 Å². The van der Waals surface area contributed by atoms with E-state index in [1.54, 1.807) is 11.3 Å². The Kier molecular flexibility index (Phi) is 7.33. The summed E-state index contributed by atoms with van der Waals surface area (Å²) >= 11 is 1.79. The molecule has 1 atom stereocenters. The van der Waals surface area contributed by atoms with Crippen LogP contribution in [0.2, 0.25) is 0 Å². The van der Waals surface area contributed by atoms with Crippen molar-refractivity contribution in [3.8, 4) is 33.9 Å². The first-order valence-electron chi connectivity index (χ1n) is 16.3. The van der Waals surface area contributed by atoms with E-state index in [4.69, 9.17) is 20.0 Å². The number of rotatable bonds is 6. The van der Waals surface area contributed by atoms with Crippen LogP contribution in [-0.4, -0.2) is 21.6 Å². The highest BCUT2D eigenvalue weighted by atomic mass is 32.1. The lowest BCUT2D eigenvalue weighted by Crippen LogP contribution is -2.33. The van der Waals surface area contributed by atoms with Crippen LogP contribution >= 0.6 is 11.3 Å². The largest absolute Gasteiger partial charge is 0.344 e. The molecule has 1 unspecified atom stereocenters. The third-order valence-electron chi connectivity index (χ3n) is 8.75. The fraction of sp³-hybridized carbons (Fsp3) is 0.0233. The fourth-order valence-corrected chi connectivity index (χ4v) is 7.54. The Balaban J connectivity index is 1.29. The first-order chi connectivity index (χ1) is 24.3. The summed E-state index contributed by atoms with van der Waals surface area (Å²) in [5.74, 6) is 2.15. The molecule has 8 aromatic rings. The van der Waals surface area contributed by atoms with Crippen molar-refractivity contribution in [1.82, 2.24) is 15.3 Å². The van der Waals surface area contributed by atoms with Crippen molar-refractivity contribution in [2.45, 2.75) is 6.17 Å². The highest BCUT2D eigenvalue weighted by Gasteiger charge is 2.24. The second-order valence-electron chi connectivity index (χ2n) is 11.9. The van der Waals surface area contributed by atoms with Crippen LogP contribution in [0.5, 0.6) is 0 Å². The van der Waals surface area contributed by atoms with Crippen LogP contribution in [0.25, 0.3) is 54.1 Å². The number of nitrogens with one attached hydrogen (secondary N) is 1. The number of aromatic nitrogens is 2. The van der Waals surface area contributed by atoms with Gasteiger partial charge in [0.2, 0.25) is 0 Å². The van der Waals surface area contributed by atoms with Gasteiger partial charge >= 0.3 is 0 Å². The summed E-state index contributed by atoms with van der Waals surface area (Å²) < 4.78 is 2.39. The lowest BCUT2D eigenvalue weighted by atomic mass is 9.98. The summed E-state index contributed by atoms with van der Waals surface area (Å²) in [5, 5.41) is 6.05. The van der Waals surface area contributed by atoms with Crippen molar-refractivity contribution in [2.24, 2.45) is 9.98 Å². The molecule has 1 N–H and O–H groups in total. The summed E-state index contributed by atoms with van der Waals surface area (Å²) in [6.07, 6.45) is -0.293. The van der Waals surface area contributed by atoms with E-state index in [0.29, 0.717) is 11.7 Å². The van der Waals surface area contributed by atoms with Crippen LogP contribution in [0.1, 0.15) is 22.9 Å². The molecule has 0 amide bonds. The Hall–Kier alpha value is -6.24. The molecule has 2 aromatic heterocycles. The number of hydrogen-bond donors (Lipinski definition) is 1. The minimum atomic E-state index is -0.293. The molecule has 49 heavy (non-hydrogen) atoms. The molecule has 0 radical (unpaired) electrons. The van der Waals surface area contributed by atoms with E-state index >= 15 is 0 Å². The summed E-state index contributed by atoms with van der Waals surface area (Å²) in [5.41, 5.74) is 7.79. The van der Waals surface area contributed by atoms with Crippen molar-refractivity contribution in [2.75, 3.05) is 0 Å². The van der Waals surface area contributed by atoms with Gasteiger partial charge < -0.3 is 5.32 Å². The van der Waals surface area contributed by atoms with Crippen molar-refractivity contribution < 1.29 is 0 Å². The zero-order valence-corrected chi connectivity index (χ0v) is 27.2. The minimum Gasteiger partial charge on any atom is -0.344 e. The molecule has 3 heterocycles. The van der Waals surface area contributed by atoms with E-state index in [2.05, 4.69) is 96.3 Å². The summed E-state index contributed by atoms with van der Waals surface area (Å²) in [6, 6.07) is 56.2. The molecule has 0 spiro atoms. The van der Waals surface area contributed by atoms with Gasteiger partial charge in [-0.1, -0.05) is 140 Å². The average Bonchev–Trinajstić information content (AvgIpc) is 3.57. The van der Waals surface area contributed by atoms with Crippen LogP contribution in [0.4, 0.5) is 0 Å². The molecule has 0 bridgehead atoms.